The van der Waals surface area contributed by atoms with Gasteiger partial charge in [0, 0.05) is 12.1 Å². The van der Waals surface area contributed by atoms with Crippen LogP contribution in [0, 0.1) is 0 Å². The van der Waals surface area contributed by atoms with Crippen LogP contribution < -0.4 is 16.0 Å². The summed E-state index contributed by atoms with van der Waals surface area (Å²) >= 11 is 0. The molecule has 5 nitrogen and oxygen atoms in total. The van der Waals surface area contributed by atoms with Gasteiger partial charge in [0.05, 0.1) is 12.3 Å². The number of ether oxygens (including phenoxy) is 1. The molecule has 0 fully saturated rings. The largest absolute Gasteiger partial charge is 0.494 e. The van der Waals surface area contributed by atoms with Gasteiger partial charge in [0.1, 0.15) is 11.4 Å². The molecule has 2 aromatic rings. The lowest BCUT2D eigenvalue weighted by Crippen LogP contribution is -2.25. The number of hydrogen-bond acceptors (Lipinski definition) is 4. The topological polar surface area (TPSA) is 70.1 Å². The van der Waals surface area contributed by atoms with E-state index in [-0.39, 0.29) is 11.2 Å². The molecule has 22 heavy (non-hydrogen) atoms. The van der Waals surface area contributed by atoms with E-state index in [1.807, 2.05) is 31.2 Å². The van der Waals surface area contributed by atoms with E-state index in [1.54, 1.807) is 6.07 Å². The molecule has 1 heterocycles. The first kappa shape index (κ1) is 16.1. The van der Waals surface area contributed by atoms with Gasteiger partial charge in [0.15, 0.2) is 0 Å². The van der Waals surface area contributed by atoms with Crippen molar-refractivity contribution in [1.29, 1.82) is 0 Å². The monoisotopic (exact) mass is 301 g/mol. The molecule has 0 unspecified atom stereocenters. The Morgan fingerprint density at radius 3 is 2.77 bits per heavy atom. The van der Waals surface area contributed by atoms with Crippen LogP contribution >= 0.6 is 0 Å². The maximum Gasteiger partial charge on any atom is 0.289 e. The Morgan fingerprint density at radius 1 is 1.23 bits per heavy atom. The Labute approximate surface area is 130 Å². The zero-order chi connectivity index (χ0) is 15.9. The maximum atomic E-state index is 11.9. The van der Waals surface area contributed by atoms with E-state index < -0.39 is 0 Å². The lowest BCUT2D eigenvalue weighted by atomic mass is 10.1. The number of unbranched alkanes of at least 4 members (excludes halogenated alkanes) is 1. The van der Waals surface area contributed by atoms with Gasteiger partial charge in [-0.3, -0.25) is 4.79 Å². The number of benzene rings is 1. The third-order valence-corrected chi connectivity index (χ3v) is 3.33. The summed E-state index contributed by atoms with van der Waals surface area (Å²) in [4.78, 5) is 11.9. The van der Waals surface area contributed by atoms with Gasteiger partial charge < -0.3 is 10.5 Å². The molecule has 0 spiro atoms. The van der Waals surface area contributed by atoms with Crippen molar-refractivity contribution in [2.75, 3.05) is 12.3 Å². The second kappa shape index (κ2) is 7.64. The van der Waals surface area contributed by atoms with Crippen LogP contribution in [0.1, 0.15) is 33.1 Å². The first-order chi connectivity index (χ1) is 10.7. The molecular weight excluding hydrogens is 278 g/mol. The molecule has 5 heteroatoms. The van der Waals surface area contributed by atoms with E-state index in [4.69, 9.17) is 10.5 Å². The van der Waals surface area contributed by atoms with Crippen molar-refractivity contribution in [1.82, 2.24) is 9.78 Å². The van der Waals surface area contributed by atoms with E-state index in [1.165, 1.54) is 4.68 Å². The van der Waals surface area contributed by atoms with E-state index in [0.29, 0.717) is 18.8 Å². The average molecular weight is 301 g/mol. The summed E-state index contributed by atoms with van der Waals surface area (Å²) in [6.45, 7) is 5.39. The predicted molar refractivity (Wildman–Crippen MR) is 89.0 cm³/mol. The summed E-state index contributed by atoms with van der Waals surface area (Å²) in [6, 6.07) is 9.33. The summed E-state index contributed by atoms with van der Waals surface area (Å²) in [5, 5.41) is 4.40. The van der Waals surface area contributed by atoms with E-state index >= 15 is 0 Å². The molecule has 0 saturated heterocycles. The Bertz CT molecular complexity index is 680. The second-order valence-corrected chi connectivity index (χ2v) is 5.24. The summed E-state index contributed by atoms with van der Waals surface area (Å²) in [7, 11) is 0. The van der Waals surface area contributed by atoms with E-state index in [0.717, 1.165) is 30.6 Å². The highest BCUT2D eigenvalue weighted by atomic mass is 16.5. The normalized spacial score (nSPS) is 10.6. The minimum absolute atomic E-state index is 0.218. The SMILES string of the molecule is CCCCOc1cccc(-c2cc(N)c(=O)n(CCC)n2)c1. The zero-order valence-electron chi connectivity index (χ0n) is 13.2. The van der Waals surface area contributed by atoms with E-state index in [9.17, 15) is 4.79 Å². The maximum absolute atomic E-state index is 11.9. The van der Waals surface area contributed by atoms with Gasteiger partial charge >= 0.3 is 0 Å². The first-order valence-corrected chi connectivity index (χ1v) is 7.76. The van der Waals surface area contributed by atoms with Crippen molar-refractivity contribution >= 4 is 5.69 Å². The molecule has 2 rings (SSSR count). The fraction of sp³-hybridized carbons (Fsp3) is 0.412. The van der Waals surface area contributed by atoms with Crippen molar-refractivity contribution in [2.24, 2.45) is 0 Å². The number of rotatable bonds is 7. The molecular formula is C17H23N3O2. The highest BCUT2D eigenvalue weighted by molar-refractivity contribution is 5.63. The molecule has 1 aromatic carbocycles. The fourth-order valence-corrected chi connectivity index (χ4v) is 2.15. The molecule has 0 aliphatic carbocycles. The quantitative estimate of drug-likeness (QED) is 0.798. The van der Waals surface area contributed by atoms with Crippen LogP contribution in [0.15, 0.2) is 35.1 Å². The molecule has 0 aliphatic heterocycles. The molecule has 118 valence electrons. The predicted octanol–water partition coefficient (Wildman–Crippen LogP) is 3.08. The van der Waals surface area contributed by atoms with Crippen LogP contribution in [-0.4, -0.2) is 16.4 Å². The smallest absolute Gasteiger partial charge is 0.289 e. The third-order valence-electron chi connectivity index (χ3n) is 3.33. The summed E-state index contributed by atoms with van der Waals surface area (Å²) < 4.78 is 7.14. The van der Waals surface area contributed by atoms with Crippen LogP contribution in [0.4, 0.5) is 5.69 Å². The van der Waals surface area contributed by atoms with Crippen LogP contribution in [0.5, 0.6) is 5.75 Å². The highest BCUT2D eigenvalue weighted by Gasteiger charge is 2.08. The van der Waals surface area contributed by atoms with Crippen molar-refractivity contribution in [3.05, 3.63) is 40.7 Å². The number of nitrogens with two attached hydrogens (primary N) is 1. The first-order valence-electron chi connectivity index (χ1n) is 7.76. The standard InChI is InChI=1S/C17H23N3O2/c1-3-5-10-22-14-8-6-7-13(11-14)16-12-15(18)17(21)20(19-16)9-4-2/h6-8,11-12H,3-5,9-10,18H2,1-2H3. The Kier molecular flexibility index (Phi) is 5.58. The van der Waals surface area contributed by atoms with Crippen LogP contribution in [0.3, 0.4) is 0 Å². The van der Waals surface area contributed by atoms with Gasteiger partial charge in [0.25, 0.3) is 5.56 Å². The molecule has 0 saturated carbocycles. The lowest BCUT2D eigenvalue weighted by Gasteiger charge is -2.10. The number of aryl methyl sites for hydroxylation is 1. The average Bonchev–Trinajstić information content (AvgIpc) is 2.52. The van der Waals surface area contributed by atoms with Crippen LogP contribution in [-0.2, 0) is 6.54 Å². The van der Waals surface area contributed by atoms with Crippen molar-refractivity contribution in [3.8, 4) is 17.0 Å². The molecule has 1 aromatic heterocycles. The van der Waals surface area contributed by atoms with Crippen LogP contribution in [0.25, 0.3) is 11.3 Å². The van der Waals surface area contributed by atoms with Gasteiger partial charge in [-0.2, -0.15) is 5.10 Å². The lowest BCUT2D eigenvalue weighted by molar-refractivity contribution is 0.309. The molecule has 0 amide bonds. The molecule has 0 atom stereocenters. The van der Waals surface area contributed by atoms with Crippen molar-refractivity contribution < 1.29 is 4.74 Å². The fourth-order valence-electron chi connectivity index (χ4n) is 2.15. The molecule has 0 aliphatic rings. The zero-order valence-corrected chi connectivity index (χ0v) is 13.2. The van der Waals surface area contributed by atoms with Gasteiger partial charge in [-0.05, 0) is 31.0 Å². The number of nitrogen functional groups attached to an aromatic ring is 1. The number of nitrogens with zero attached hydrogens (tertiary/aromatic N) is 2. The minimum atomic E-state index is -0.235. The minimum Gasteiger partial charge on any atom is -0.494 e. The molecule has 0 bridgehead atoms. The van der Waals surface area contributed by atoms with Crippen molar-refractivity contribution in [3.63, 3.8) is 0 Å². The number of aromatic nitrogens is 2. The van der Waals surface area contributed by atoms with Gasteiger partial charge in [-0.15, -0.1) is 0 Å². The Morgan fingerprint density at radius 2 is 2.05 bits per heavy atom. The summed E-state index contributed by atoms with van der Waals surface area (Å²) in [5.74, 6) is 0.805. The number of hydrogen-bond donors (Lipinski definition) is 1. The Hall–Kier alpha value is -2.30. The highest BCUT2D eigenvalue weighted by Crippen LogP contribution is 2.22. The number of anilines is 1. The van der Waals surface area contributed by atoms with Gasteiger partial charge in [-0.1, -0.05) is 32.4 Å². The molecule has 0 radical (unpaired) electrons. The summed E-state index contributed by atoms with van der Waals surface area (Å²) in [5.41, 5.74) is 7.38. The second-order valence-electron chi connectivity index (χ2n) is 5.24. The van der Waals surface area contributed by atoms with E-state index in [2.05, 4.69) is 12.0 Å². The van der Waals surface area contributed by atoms with Crippen molar-refractivity contribution in [2.45, 2.75) is 39.7 Å². The van der Waals surface area contributed by atoms with Gasteiger partial charge in [0.2, 0.25) is 0 Å². The van der Waals surface area contributed by atoms with Crippen LogP contribution in [0.2, 0.25) is 0 Å². The summed E-state index contributed by atoms with van der Waals surface area (Å²) in [6.07, 6.45) is 2.95. The third kappa shape index (κ3) is 3.87. The molecule has 2 N–H and O–H groups in total. The van der Waals surface area contributed by atoms with Gasteiger partial charge in [-0.25, -0.2) is 4.68 Å². The Balaban J connectivity index is 2.31.